The Bertz CT molecular complexity index is 1310. The minimum Gasteiger partial charge on any atom is -0.346 e. The van der Waals surface area contributed by atoms with Crippen LogP contribution in [0.2, 0.25) is 0 Å². The van der Waals surface area contributed by atoms with Crippen LogP contribution in [0.15, 0.2) is 59.5 Å². The summed E-state index contributed by atoms with van der Waals surface area (Å²) in [5.74, 6) is 1.53. The SMILES string of the molecule is Cc1nc2ccccc2c(=O)n1-c1ccc(C(=O)NCc2cn3c(n2)CCCC3)cc1. The first-order valence-corrected chi connectivity index (χ1v) is 10.5. The van der Waals surface area contributed by atoms with Crippen molar-refractivity contribution in [2.75, 3.05) is 0 Å². The zero-order valence-electron chi connectivity index (χ0n) is 17.3. The molecule has 2 aromatic carbocycles. The standard InChI is InChI=1S/C24H23N5O2/c1-16-26-21-7-3-2-6-20(21)24(31)29(16)19-11-9-17(10-12-19)23(30)25-14-18-15-28-13-5-4-8-22(28)27-18/h2-3,6-7,9-12,15H,4-5,8,13-14H2,1H3,(H,25,30). The number of nitrogens with zero attached hydrogens (tertiary/aromatic N) is 4. The Morgan fingerprint density at radius 3 is 2.68 bits per heavy atom. The number of carbonyl (C=O) groups excluding carboxylic acids is 1. The van der Waals surface area contributed by atoms with Gasteiger partial charge in [0.1, 0.15) is 11.6 Å². The van der Waals surface area contributed by atoms with E-state index in [1.54, 1.807) is 41.8 Å². The molecule has 0 spiro atoms. The number of amides is 1. The lowest BCUT2D eigenvalue weighted by Gasteiger charge is -2.11. The van der Waals surface area contributed by atoms with Gasteiger partial charge in [-0.15, -0.1) is 0 Å². The van der Waals surface area contributed by atoms with Gasteiger partial charge in [-0.3, -0.25) is 14.2 Å². The van der Waals surface area contributed by atoms with Crippen molar-refractivity contribution in [3.63, 3.8) is 0 Å². The molecule has 0 radical (unpaired) electrons. The molecule has 1 aliphatic heterocycles. The number of carbonyl (C=O) groups is 1. The number of hydrogen-bond donors (Lipinski definition) is 1. The van der Waals surface area contributed by atoms with Crippen LogP contribution in [-0.2, 0) is 19.5 Å². The molecule has 0 fully saturated rings. The Hall–Kier alpha value is -3.74. The zero-order chi connectivity index (χ0) is 21.4. The van der Waals surface area contributed by atoms with E-state index in [0.29, 0.717) is 34.5 Å². The Kier molecular flexibility index (Phi) is 4.86. The quantitative estimate of drug-likeness (QED) is 0.557. The van der Waals surface area contributed by atoms with Gasteiger partial charge in [0.2, 0.25) is 0 Å². The molecule has 1 N–H and O–H groups in total. The minimum absolute atomic E-state index is 0.121. The molecule has 7 nitrogen and oxygen atoms in total. The molecule has 0 bridgehead atoms. The highest BCUT2D eigenvalue weighted by Crippen LogP contribution is 2.16. The molecule has 3 heterocycles. The van der Waals surface area contributed by atoms with Gasteiger partial charge in [-0.25, -0.2) is 9.97 Å². The maximum Gasteiger partial charge on any atom is 0.265 e. The first-order valence-electron chi connectivity index (χ1n) is 10.5. The van der Waals surface area contributed by atoms with E-state index in [0.717, 1.165) is 24.5 Å². The lowest BCUT2D eigenvalue weighted by molar-refractivity contribution is 0.0950. The fraction of sp³-hybridized carbons (Fsp3) is 0.250. The van der Waals surface area contributed by atoms with Crippen molar-refractivity contribution in [1.82, 2.24) is 24.4 Å². The first-order chi connectivity index (χ1) is 15.1. The molecule has 4 aromatic rings. The van der Waals surface area contributed by atoms with Crippen molar-refractivity contribution >= 4 is 16.8 Å². The van der Waals surface area contributed by atoms with Crippen LogP contribution in [0, 0.1) is 6.92 Å². The second kappa shape index (κ2) is 7.83. The summed E-state index contributed by atoms with van der Waals surface area (Å²) in [6.07, 6.45) is 5.37. The van der Waals surface area contributed by atoms with E-state index >= 15 is 0 Å². The second-order valence-electron chi connectivity index (χ2n) is 7.85. The van der Waals surface area contributed by atoms with Gasteiger partial charge >= 0.3 is 0 Å². The number of hydrogen-bond acceptors (Lipinski definition) is 4. The van der Waals surface area contributed by atoms with Gasteiger partial charge in [0, 0.05) is 24.7 Å². The van der Waals surface area contributed by atoms with Crippen molar-refractivity contribution in [1.29, 1.82) is 0 Å². The summed E-state index contributed by atoms with van der Waals surface area (Å²) in [4.78, 5) is 34.7. The van der Waals surface area contributed by atoms with Crippen molar-refractivity contribution in [2.24, 2.45) is 0 Å². The minimum atomic E-state index is -0.168. The van der Waals surface area contributed by atoms with E-state index in [1.807, 2.05) is 24.4 Å². The molecule has 7 heteroatoms. The van der Waals surface area contributed by atoms with Crippen LogP contribution in [-0.4, -0.2) is 25.0 Å². The van der Waals surface area contributed by atoms with E-state index in [-0.39, 0.29) is 11.5 Å². The highest BCUT2D eigenvalue weighted by atomic mass is 16.1. The average Bonchev–Trinajstić information content (AvgIpc) is 3.21. The van der Waals surface area contributed by atoms with Gasteiger partial charge < -0.3 is 9.88 Å². The predicted molar refractivity (Wildman–Crippen MR) is 118 cm³/mol. The average molecular weight is 413 g/mol. The summed E-state index contributed by atoms with van der Waals surface area (Å²) in [6, 6.07) is 14.3. The van der Waals surface area contributed by atoms with Crippen LogP contribution in [0.3, 0.4) is 0 Å². The van der Waals surface area contributed by atoms with Crippen LogP contribution < -0.4 is 10.9 Å². The number of para-hydroxylation sites is 1. The smallest absolute Gasteiger partial charge is 0.265 e. The van der Waals surface area contributed by atoms with Crippen LogP contribution in [0.4, 0.5) is 0 Å². The Labute approximate surface area is 179 Å². The van der Waals surface area contributed by atoms with Crippen LogP contribution in [0.1, 0.15) is 40.5 Å². The van der Waals surface area contributed by atoms with Gasteiger partial charge in [0.15, 0.2) is 0 Å². The van der Waals surface area contributed by atoms with E-state index < -0.39 is 0 Å². The summed E-state index contributed by atoms with van der Waals surface area (Å²) in [6.45, 7) is 3.20. The fourth-order valence-corrected chi connectivity index (χ4v) is 4.14. The second-order valence-corrected chi connectivity index (χ2v) is 7.85. The van der Waals surface area contributed by atoms with Crippen molar-refractivity contribution in [3.8, 4) is 5.69 Å². The molecule has 0 atom stereocenters. The molecule has 31 heavy (non-hydrogen) atoms. The van der Waals surface area contributed by atoms with E-state index in [9.17, 15) is 9.59 Å². The van der Waals surface area contributed by atoms with E-state index in [1.165, 1.54) is 12.8 Å². The van der Waals surface area contributed by atoms with Gasteiger partial charge in [0.25, 0.3) is 11.5 Å². The zero-order valence-corrected chi connectivity index (χ0v) is 17.3. The summed E-state index contributed by atoms with van der Waals surface area (Å²) < 4.78 is 3.75. The molecule has 0 saturated heterocycles. The molecule has 156 valence electrons. The molecule has 0 saturated carbocycles. The van der Waals surface area contributed by atoms with Crippen LogP contribution in [0.5, 0.6) is 0 Å². The third kappa shape index (κ3) is 3.63. The van der Waals surface area contributed by atoms with Crippen molar-refractivity contribution in [3.05, 3.63) is 88.0 Å². The molecule has 1 aliphatic rings. The predicted octanol–water partition coefficient (Wildman–Crippen LogP) is 3.16. The third-order valence-electron chi connectivity index (χ3n) is 5.72. The highest BCUT2D eigenvalue weighted by molar-refractivity contribution is 5.94. The van der Waals surface area contributed by atoms with Crippen molar-refractivity contribution < 1.29 is 4.79 Å². The number of rotatable bonds is 4. The number of aryl methyl sites for hydroxylation is 3. The fourth-order valence-electron chi connectivity index (χ4n) is 4.14. The normalized spacial score (nSPS) is 13.2. The van der Waals surface area contributed by atoms with Gasteiger partial charge in [-0.2, -0.15) is 0 Å². The van der Waals surface area contributed by atoms with Crippen molar-refractivity contribution in [2.45, 2.75) is 39.3 Å². The number of benzene rings is 2. The van der Waals surface area contributed by atoms with Gasteiger partial charge in [0.05, 0.1) is 28.8 Å². The lowest BCUT2D eigenvalue weighted by Crippen LogP contribution is -2.24. The molecule has 5 rings (SSSR count). The first kappa shape index (κ1) is 19.2. The summed E-state index contributed by atoms with van der Waals surface area (Å²) in [5, 5.41) is 3.50. The molecule has 1 amide bonds. The maximum atomic E-state index is 12.9. The third-order valence-corrected chi connectivity index (χ3v) is 5.72. The number of nitrogens with one attached hydrogen (secondary N) is 1. The maximum absolute atomic E-state index is 12.9. The van der Waals surface area contributed by atoms with Gasteiger partial charge in [-0.1, -0.05) is 12.1 Å². The molecule has 2 aromatic heterocycles. The summed E-state index contributed by atoms with van der Waals surface area (Å²) in [5.41, 5.74) is 2.65. The largest absolute Gasteiger partial charge is 0.346 e. The lowest BCUT2D eigenvalue weighted by atomic mass is 10.1. The molecule has 0 unspecified atom stereocenters. The topological polar surface area (TPSA) is 81.8 Å². The van der Waals surface area contributed by atoms with Crippen LogP contribution >= 0.6 is 0 Å². The number of imidazole rings is 1. The summed E-state index contributed by atoms with van der Waals surface area (Å²) in [7, 11) is 0. The summed E-state index contributed by atoms with van der Waals surface area (Å²) >= 11 is 0. The van der Waals surface area contributed by atoms with Crippen LogP contribution in [0.25, 0.3) is 16.6 Å². The van der Waals surface area contributed by atoms with E-state index in [2.05, 4.69) is 19.9 Å². The van der Waals surface area contributed by atoms with Gasteiger partial charge in [-0.05, 0) is 56.2 Å². The molecular formula is C24H23N5O2. The Balaban J connectivity index is 1.34. The Morgan fingerprint density at radius 2 is 1.87 bits per heavy atom. The highest BCUT2D eigenvalue weighted by Gasteiger charge is 2.14. The number of aromatic nitrogens is 4. The monoisotopic (exact) mass is 413 g/mol. The molecule has 0 aliphatic carbocycles. The number of fused-ring (bicyclic) bond motifs is 2. The van der Waals surface area contributed by atoms with E-state index in [4.69, 9.17) is 0 Å². The molecular weight excluding hydrogens is 390 g/mol. The Morgan fingerprint density at radius 1 is 1.06 bits per heavy atom.